The second-order valence-electron chi connectivity index (χ2n) is 2.23. The molecule has 0 rings (SSSR count). The van der Waals surface area contributed by atoms with Gasteiger partial charge in [0.1, 0.15) is 0 Å². The molecule has 0 aromatic heterocycles. The van der Waals surface area contributed by atoms with Gasteiger partial charge in [0.05, 0.1) is 0 Å². The molecule has 0 heterocycles. The Morgan fingerprint density at radius 2 is 1.38 bits per heavy atom. The number of nitrogens with zero attached hydrogens (tertiary/aromatic N) is 6. The molecule has 0 saturated heterocycles. The van der Waals surface area contributed by atoms with Crippen LogP contribution < -0.4 is 0 Å². The van der Waals surface area contributed by atoms with Gasteiger partial charge in [-0.25, -0.2) is 0 Å². The summed E-state index contributed by atoms with van der Waals surface area (Å²) >= 11 is 0. The van der Waals surface area contributed by atoms with Gasteiger partial charge in [-0.05, 0) is 23.9 Å². The fourth-order valence-electron chi connectivity index (χ4n) is 0.666. The van der Waals surface area contributed by atoms with Crippen LogP contribution in [0.5, 0.6) is 0 Å². The Bertz CT molecular complexity index is 183. The van der Waals surface area contributed by atoms with Crippen LogP contribution in [0.4, 0.5) is 0 Å². The Kier molecular flexibility index (Phi) is 9.42. The summed E-state index contributed by atoms with van der Waals surface area (Å²) < 4.78 is 5.16. The van der Waals surface area contributed by atoms with Crippen molar-refractivity contribution < 1.29 is 4.74 Å². The second-order valence-corrected chi connectivity index (χ2v) is 2.23. The Balaban J connectivity index is 2.99. The predicted molar refractivity (Wildman–Crippen MR) is 48.1 cm³/mol. The molecule has 13 heavy (non-hydrogen) atoms. The van der Waals surface area contributed by atoms with E-state index in [9.17, 15) is 0 Å². The molecule has 0 spiro atoms. The number of hydrogen-bond donors (Lipinski definition) is 0. The zero-order valence-corrected chi connectivity index (χ0v) is 7.33. The Labute approximate surface area is 75.9 Å². The van der Waals surface area contributed by atoms with Crippen LogP contribution in [-0.2, 0) is 4.74 Å². The topological polar surface area (TPSA) is 107 Å². The van der Waals surface area contributed by atoms with Gasteiger partial charge in [0.2, 0.25) is 0 Å². The lowest BCUT2D eigenvalue weighted by molar-refractivity contribution is 0.132. The summed E-state index contributed by atoms with van der Waals surface area (Å²) in [5, 5.41) is 6.71. The summed E-state index contributed by atoms with van der Waals surface area (Å²) in [4.78, 5) is 5.22. The number of hydrogen-bond acceptors (Lipinski definition) is 3. The van der Waals surface area contributed by atoms with E-state index in [1.54, 1.807) is 0 Å². The first kappa shape index (κ1) is 11.6. The van der Waals surface area contributed by atoms with Gasteiger partial charge in [0, 0.05) is 36.1 Å². The van der Waals surface area contributed by atoms with Crippen molar-refractivity contribution in [1.29, 1.82) is 0 Å². The van der Waals surface area contributed by atoms with Gasteiger partial charge in [-0.2, -0.15) is 0 Å². The van der Waals surface area contributed by atoms with E-state index in [2.05, 4.69) is 20.1 Å². The van der Waals surface area contributed by atoms with E-state index in [4.69, 9.17) is 15.8 Å². The third kappa shape index (κ3) is 10.6. The Morgan fingerprint density at radius 1 is 0.923 bits per heavy atom. The van der Waals surface area contributed by atoms with Gasteiger partial charge in [-0.3, -0.25) is 0 Å². The van der Waals surface area contributed by atoms with Crippen LogP contribution >= 0.6 is 0 Å². The Morgan fingerprint density at radius 3 is 1.77 bits per heavy atom. The summed E-state index contributed by atoms with van der Waals surface area (Å²) in [6, 6.07) is 0. The highest BCUT2D eigenvalue weighted by atomic mass is 16.5. The van der Waals surface area contributed by atoms with Crippen molar-refractivity contribution in [3.8, 4) is 0 Å². The normalized spacial score (nSPS) is 8.62. The summed E-state index contributed by atoms with van der Waals surface area (Å²) in [5.41, 5.74) is 15.9. The lowest BCUT2D eigenvalue weighted by Gasteiger charge is -1.99. The monoisotopic (exact) mass is 184 g/mol. The number of azide groups is 2. The summed E-state index contributed by atoms with van der Waals surface area (Å²) in [5.74, 6) is 0. The average molecular weight is 184 g/mol. The third-order valence-corrected chi connectivity index (χ3v) is 1.22. The standard InChI is InChI=1S/C6H12N6O/c7-11-9-3-1-5-13-6-2-4-10-12-8/h1-6H2. The molecule has 0 aromatic carbocycles. The lowest BCUT2D eigenvalue weighted by atomic mass is 10.4. The van der Waals surface area contributed by atoms with Crippen LogP contribution in [0.25, 0.3) is 20.9 Å². The molecule has 0 atom stereocenters. The number of ether oxygens (including phenoxy) is 1. The molecule has 0 amide bonds. The minimum atomic E-state index is 0.465. The van der Waals surface area contributed by atoms with E-state index in [1.807, 2.05) is 0 Å². The van der Waals surface area contributed by atoms with Gasteiger partial charge in [0.25, 0.3) is 0 Å². The zero-order chi connectivity index (χ0) is 9.78. The minimum Gasteiger partial charge on any atom is -0.381 e. The maximum atomic E-state index is 7.94. The van der Waals surface area contributed by atoms with Gasteiger partial charge < -0.3 is 4.74 Å². The zero-order valence-electron chi connectivity index (χ0n) is 7.33. The molecule has 0 aliphatic rings. The molecule has 7 nitrogen and oxygen atoms in total. The van der Waals surface area contributed by atoms with E-state index in [0.717, 1.165) is 12.8 Å². The summed E-state index contributed by atoms with van der Waals surface area (Å²) in [6.45, 7) is 2.09. The minimum absolute atomic E-state index is 0.465. The molecule has 0 fully saturated rings. The van der Waals surface area contributed by atoms with Crippen molar-refractivity contribution >= 4 is 0 Å². The number of rotatable bonds is 8. The molecule has 7 heteroatoms. The maximum absolute atomic E-state index is 7.94. The van der Waals surface area contributed by atoms with Crippen molar-refractivity contribution in [2.24, 2.45) is 10.2 Å². The van der Waals surface area contributed by atoms with E-state index in [0.29, 0.717) is 26.3 Å². The van der Waals surface area contributed by atoms with Crippen molar-refractivity contribution in [1.82, 2.24) is 0 Å². The van der Waals surface area contributed by atoms with E-state index in [-0.39, 0.29) is 0 Å². The van der Waals surface area contributed by atoms with Gasteiger partial charge in [-0.15, -0.1) is 0 Å². The van der Waals surface area contributed by atoms with Crippen molar-refractivity contribution in [2.45, 2.75) is 12.8 Å². The molecule has 0 saturated carbocycles. The molecule has 0 unspecified atom stereocenters. The van der Waals surface area contributed by atoms with Crippen molar-refractivity contribution in [2.75, 3.05) is 26.3 Å². The first-order valence-electron chi connectivity index (χ1n) is 4.01. The SMILES string of the molecule is [N-]=[N+]=NCCCOCCCN=[N+]=[N-]. The highest BCUT2D eigenvalue weighted by molar-refractivity contribution is 4.48. The van der Waals surface area contributed by atoms with Gasteiger partial charge in [0.15, 0.2) is 0 Å². The third-order valence-electron chi connectivity index (χ3n) is 1.22. The van der Waals surface area contributed by atoms with E-state index in [1.165, 1.54) is 0 Å². The first-order valence-corrected chi connectivity index (χ1v) is 4.01. The molecule has 72 valence electrons. The maximum Gasteiger partial charge on any atom is 0.0467 e. The molecule has 0 aliphatic heterocycles. The lowest BCUT2D eigenvalue weighted by Crippen LogP contribution is -1.99. The van der Waals surface area contributed by atoms with Crippen LogP contribution in [0.2, 0.25) is 0 Å². The van der Waals surface area contributed by atoms with E-state index < -0.39 is 0 Å². The molecule has 0 aliphatic carbocycles. The molecule has 0 aromatic rings. The van der Waals surface area contributed by atoms with Crippen LogP contribution in [0.3, 0.4) is 0 Å². The quantitative estimate of drug-likeness (QED) is 0.245. The largest absolute Gasteiger partial charge is 0.381 e. The van der Waals surface area contributed by atoms with Crippen LogP contribution in [0.1, 0.15) is 12.8 Å². The summed E-state index contributed by atoms with van der Waals surface area (Å²) in [6.07, 6.45) is 1.46. The van der Waals surface area contributed by atoms with Crippen LogP contribution in [-0.4, -0.2) is 26.3 Å². The molecular weight excluding hydrogens is 172 g/mol. The second kappa shape index (κ2) is 10.6. The van der Waals surface area contributed by atoms with Crippen LogP contribution in [0.15, 0.2) is 10.2 Å². The highest BCUT2D eigenvalue weighted by Gasteiger charge is 1.87. The smallest absolute Gasteiger partial charge is 0.0467 e. The molecule has 0 bridgehead atoms. The van der Waals surface area contributed by atoms with E-state index >= 15 is 0 Å². The fourth-order valence-corrected chi connectivity index (χ4v) is 0.666. The molecule has 0 radical (unpaired) electrons. The fraction of sp³-hybridized carbons (Fsp3) is 1.00. The molecular formula is C6H12N6O. The van der Waals surface area contributed by atoms with Gasteiger partial charge >= 0.3 is 0 Å². The predicted octanol–water partition coefficient (Wildman–Crippen LogP) is 2.40. The highest BCUT2D eigenvalue weighted by Crippen LogP contribution is 1.88. The Hall–Kier alpha value is -1.42. The van der Waals surface area contributed by atoms with Gasteiger partial charge in [-0.1, -0.05) is 10.2 Å². The summed E-state index contributed by atoms with van der Waals surface area (Å²) in [7, 11) is 0. The van der Waals surface area contributed by atoms with Crippen LogP contribution in [0, 0.1) is 0 Å². The first-order chi connectivity index (χ1) is 6.41. The average Bonchev–Trinajstić information content (AvgIpc) is 2.16. The molecule has 0 N–H and O–H groups in total. The van der Waals surface area contributed by atoms with Crippen molar-refractivity contribution in [3.05, 3.63) is 20.9 Å². The van der Waals surface area contributed by atoms with Crippen molar-refractivity contribution in [3.63, 3.8) is 0 Å².